The first-order valence-corrected chi connectivity index (χ1v) is 11.7. The molecule has 154 valence electrons. The number of carbonyl (C=O) groups excluding carboxylic acids is 1. The molecule has 0 bridgehead atoms. The third kappa shape index (κ3) is 4.86. The Morgan fingerprint density at radius 1 is 1.10 bits per heavy atom. The van der Waals surface area contributed by atoms with Crippen molar-refractivity contribution in [3.05, 3.63) is 41.8 Å². The summed E-state index contributed by atoms with van der Waals surface area (Å²) in [4.78, 5) is 14.6. The molecule has 0 spiro atoms. The van der Waals surface area contributed by atoms with Crippen LogP contribution in [0.15, 0.2) is 39.9 Å². The average molecular weight is 413 g/mol. The molecule has 1 aliphatic heterocycles. The first kappa shape index (κ1) is 19.2. The summed E-state index contributed by atoms with van der Waals surface area (Å²) in [6, 6.07) is 8.64. The molecule has 1 amide bonds. The summed E-state index contributed by atoms with van der Waals surface area (Å²) in [6.07, 6.45) is 9.43. The summed E-state index contributed by atoms with van der Waals surface area (Å²) in [5.41, 5.74) is 1.84. The Hall–Kier alpha value is -1.79. The molecule has 1 aromatic carbocycles. The summed E-state index contributed by atoms with van der Waals surface area (Å²) in [5, 5.41) is 7.83. The van der Waals surface area contributed by atoms with Crippen molar-refractivity contribution in [2.75, 3.05) is 18.5 Å². The Bertz CT molecular complexity index is 836. The predicted octanol–water partition coefficient (Wildman–Crippen LogP) is 5.35. The highest BCUT2D eigenvalue weighted by molar-refractivity contribution is 8.00. The lowest BCUT2D eigenvalue weighted by atomic mass is 9.84. The van der Waals surface area contributed by atoms with E-state index in [4.69, 9.17) is 9.26 Å². The van der Waals surface area contributed by atoms with Gasteiger partial charge in [-0.25, -0.2) is 0 Å². The summed E-state index contributed by atoms with van der Waals surface area (Å²) in [5.74, 6) is 1.65. The Balaban J connectivity index is 1.33. The van der Waals surface area contributed by atoms with Crippen LogP contribution >= 0.6 is 11.8 Å². The molecule has 0 radical (unpaired) electrons. The minimum atomic E-state index is -0.167. The maximum absolute atomic E-state index is 13.3. The number of hydrogen-bond acceptors (Lipinski definition) is 5. The van der Waals surface area contributed by atoms with E-state index in [0.29, 0.717) is 11.8 Å². The summed E-state index contributed by atoms with van der Waals surface area (Å²) in [6.45, 7) is 1.60. The smallest absolute Gasteiger partial charge is 0.232 e. The van der Waals surface area contributed by atoms with E-state index >= 15 is 0 Å². The third-order valence-corrected chi connectivity index (χ3v) is 7.49. The molecule has 5 nitrogen and oxygen atoms in total. The maximum atomic E-state index is 13.3. The van der Waals surface area contributed by atoms with Crippen LogP contribution in [0.3, 0.4) is 0 Å². The molecule has 1 saturated heterocycles. The summed E-state index contributed by atoms with van der Waals surface area (Å²) in [7, 11) is 0. The van der Waals surface area contributed by atoms with Crippen LogP contribution < -0.4 is 5.32 Å². The summed E-state index contributed by atoms with van der Waals surface area (Å²) >= 11 is 1.95. The molecule has 2 aromatic rings. The van der Waals surface area contributed by atoms with Crippen LogP contribution in [-0.4, -0.2) is 29.5 Å². The fourth-order valence-electron chi connectivity index (χ4n) is 4.07. The minimum absolute atomic E-state index is 0.0455. The van der Waals surface area contributed by atoms with Gasteiger partial charge in [0.25, 0.3) is 0 Å². The van der Waals surface area contributed by atoms with Gasteiger partial charge in [-0.1, -0.05) is 17.3 Å². The van der Waals surface area contributed by atoms with Gasteiger partial charge >= 0.3 is 0 Å². The van der Waals surface area contributed by atoms with Crippen molar-refractivity contribution < 1.29 is 14.1 Å². The highest BCUT2D eigenvalue weighted by Gasteiger charge is 2.33. The molecule has 3 aliphatic rings. The van der Waals surface area contributed by atoms with Crippen LogP contribution in [0, 0.1) is 5.92 Å². The number of carbonyl (C=O) groups is 1. The maximum Gasteiger partial charge on any atom is 0.232 e. The van der Waals surface area contributed by atoms with Crippen molar-refractivity contribution in [1.29, 1.82) is 0 Å². The van der Waals surface area contributed by atoms with Crippen LogP contribution in [0.5, 0.6) is 0 Å². The summed E-state index contributed by atoms with van der Waals surface area (Å²) < 4.78 is 10.9. The molecule has 29 heavy (non-hydrogen) atoms. The van der Waals surface area contributed by atoms with E-state index in [1.807, 2.05) is 11.8 Å². The Morgan fingerprint density at radius 3 is 2.55 bits per heavy atom. The number of rotatable bonds is 8. The SMILES string of the molecule is O=C(Nc1cnoc1C1CC1)C(CC1CCOCC1)c1ccc(SC2CC2)cc1. The van der Waals surface area contributed by atoms with E-state index in [9.17, 15) is 4.79 Å². The molecule has 3 fully saturated rings. The number of aromatic nitrogens is 1. The second kappa shape index (κ2) is 8.52. The van der Waals surface area contributed by atoms with Gasteiger partial charge in [-0.05, 0) is 68.6 Å². The molecule has 2 aliphatic carbocycles. The van der Waals surface area contributed by atoms with Gasteiger partial charge in [-0.2, -0.15) is 0 Å². The van der Waals surface area contributed by atoms with Crippen molar-refractivity contribution in [3.63, 3.8) is 0 Å². The van der Waals surface area contributed by atoms with Crippen LogP contribution in [0.2, 0.25) is 0 Å². The number of amides is 1. The Kier molecular flexibility index (Phi) is 5.64. The minimum Gasteiger partial charge on any atom is -0.381 e. The van der Waals surface area contributed by atoms with Gasteiger partial charge < -0.3 is 14.6 Å². The fourth-order valence-corrected chi connectivity index (χ4v) is 5.12. The number of nitrogens with zero attached hydrogens (tertiary/aromatic N) is 1. The largest absolute Gasteiger partial charge is 0.381 e. The molecular weight excluding hydrogens is 384 g/mol. The topological polar surface area (TPSA) is 64.4 Å². The number of thioether (sulfide) groups is 1. The second-order valence-corrected chi connectivity index (χ2v) is 9.97. The van der Waals surface area contributed by atoms with Gasteiger partial charge in [-0.15, -0.1) is 11.8 Å². The van der Waals surface area contributed by atoms with Gasteiger partial charge in [0.2, 0.25) is 5.91 Å². The molecule has 2 heterocycles. The second-order valence-electron chi connectivity index (χ2n) is 8.60. The van der Waals surface area contributed by atoms with Crippen molar-refractivity contribution >= 4 is 23.4 Å². The van der Waals surface area contributed by atoms with E-state index in [-0.39, 0.29) is 11.8 Å². The zero-order valence-corrected chi connectivity index (χ0v) is 17.5. The van der Waals surface area contributed by atoms with Crippen molar-refractivity contribution in [3.8, 4) is 0 Å². The van der Waals surface area contributed by atoms with E-state index in [2.05, 4.69) is 34.7 Å². The zero-order valence-electron chi connectivity index (χ0n) is 16.6. The molecular formula is C23H28N2O3S. The molecule has 1 aromatic heterocycles. The van der Waals surface area contributed by atoms with E-state index in [0.717, 1.165) is 67.6 Å². The Labute approximate surface area is 175 Å². The molecule has 1 atom stereocenters. The lowest BCUT2D eigenvalue weighted by Gasteiger charge is -2.26. The number of benzene rings is 1. The van der Waals surface area contributed by atoms with Gasteiger partial charge in [0.15, 0.2) is 5.76 Å². The molecule has 1 unspecified atom stereocenters. The Morgan fingerprint density at radius 2 is 1.86 bits per heavy atom. The van der Waals surface area contributed by atoms with Crippen molar-refractivity contribution in [1.82, 2.24) is 5.16 Å². The van der Waals surface area contributed by atoms with Crippen molar-refractivity contribution in [2.45, 2.75) is 66.9 Å². The number of hydrogen-bond donors (Lipinski definition) is 1. The van der Waals surface area contributed by atoms with Gasteiger partial charge in [0, 0.05) is 29.3 Å². The molecule has 6 heteroatoms. The average Bonchev–Trinajstić information content (AvgIpc) is 3.68. The highest BCUT2D eigenvalue weighted by Crippen LogP contribution is 2.44. The van der Waals surface area contributed by atoms with Gasteiger partial charge in [-0.3, -0.25) is 4.79 Å². The predicted molar refractivity (Wildman–Crippen MR) is 113 cm³/mol. The van der Waals surface area contributed by atoms with Crippen LogP contribution in [0.1, 0.15) is 68.1 Å². The molecule has 2 saturated carbocycles. The van der Waals surface area contributed by atoms with Gasteiger partial charge in [0.1, 0.15) is 5.69 Å². The first-order chi connectivity index (χ1) is 14.3. The fraction of sp³-hybridized carbons (Fsp3) is 0.565. The number of nitrogens with one attached hydrogen (secondary N) is 1. The molecule has 5 rings (SSSR count). The van der Waals surface area contributed by atoms with Crippen LogP contribution in [-0.2, 0) is 9.53 Å². The third-order valence-electron chi connectivity index (χ3n) is 6.14. The van der Waals surface area contributed by atoms with E-state index in [1.54, 1.807) is 6.20 Å². The lowest BCUT2D eigenvalue weighted by Crippen LogP contribution is -2.26. The lowest BCUT2D eigenvalue weighted by molar-refractivity contribution is -0.118. The first-order valence-electron chi connectivity index (χ1n) is 10.9. The highest BCUT2D eigenvalue weighted by atomic mass is 32.2. The number of ether oxygens (including phenoxy) is 1. The number of anilines is 1. The zero-order chi connectivity index (χ0) is 19.6. The normalized spacial score (nSPS) is 21.1. The van der Waals surface area contributed by atoms with E-state index < -0.39 is 0 Å². The van der Waals surface area contributed by atoms with E-state index in [1.165, 1.54) is 17.7 Å². The van der Waals surface area contributed by atoms with Crippen LogP contribution in [0.4, 0.5) is 5.69 Å². The quantitative estimate of drug-likeness (QED) is 0.633. The standard InChI is InChI=1S/C23H28N2O3S/c26-23(25-21-14-24-28-22(21)17-1-2-17)20(13-15-9-11-27-12-10-15)16-3-5-18(6-4-16)29-19-7-8-19/h3-6,14-15,17,19-20H,1-2,7-13H2,(H,25,26). The van der Waals surface area contributed by atoms with Gasteiger partial charge in [0.05, 0.1) is 12.1 Å². The van der Waals surface area contributed by atoms with Crippen LogP contribution in [0.25, 0.3) is 0 Å². The van der Waals surface area contributed by atoms with Crippen molar-refractivity contribution in [2.24, 2.45) is 5.92 Å². The monoisotopic (exact) mass is 412 g/mol. The molecule has 1 N–H and O–H groups in total.